The molecule has 33 heavy (non-hydrogen) atoms. The van der Waals surface area contributed by atoms with Crippen molar-refractivity contribution < 1.29 is 19.4 Å². The Balaban J connectivity index is 1.44. The Labute approximate surface area is 191 Å². The molecule has 1 N–H and O–H groups in total. The molecule has 0 amide bonds. The molecule has 0 radical (unpaired) electrons. The fraction of sp³-hybridized carbons (Fsp3) is 0.154. The number of rotatable bonds is 9. The van der Waals surface area contributed by atoms with Crippen molar-refractivity contribution in [3.8, 4) is 0 Å². The molecule has 0 saturated carbocycles. The summed E-state index contributed by atoms with van der Waals surface area (Å²) in [5.41, 5.74) is 3.34. The van der Waals surface area contributed by atoms with Crippen LogP contribution in [0.3, 0.4) is 0 Å². The largest absolute Gasteiger partial charge is 0.479 e. The number of aromatic nitrogens is 3. The summed E-state index contributed by atoms with van der Waals surface area (Å²) in [4.78, 5) is 32.8. The lowest BCUT2D eigenvalue weighted by molar-refractivity contribution is -0.149. The third-order valence-electron chi connectivity index (χ3n) is 5.16. The van der Waals surface area contributed by atoms with Crippen molar-refractivity contribution in [2.45, 2.75) is 26.2 Å². The van der Waals surface area contributed by atoms with Crippen LogP contribution < -0.4 is 0 Å². The van der Waals surface area contributed by atoms with E-state index >= 15 is 0 Å². The number of carbonyl (C=O) groups is 2. The summed E-state index contributed by atoms with van der Waals surface area (Å²) in [7, 11) is 0. The Hall–Kier alpha value is -4.10. The van der Waals surface area contributed by atoms with Gasteiger partial charge >= 0.3 is 5.97 Å². The molecular weight excluding hydrogens is 418 g/mol. The smallest absolute Gasteiger partial charge is 0.332 e. The standard InChI is InChI=1S/C26H23N3O4/c1-18(26(31)32)33-17-22-9-4-8-21(28-22)10-5-13-29-14-6-12-24(29)25(30)20-15-19-7-2-3-11-23(19)27-16-20/h2-12,14-16,18H,13,17H2,1H3,(H,31,32)/t18-/m1/s1. The highest BCUT2D eigenvalue weighted by molar-refractivity contribution is 6.09. The van der Waals surface area contributed by atoms with Crippen LogP contribution in [0.4, 0.5) is 0 Å². The monoisotopic (exact) mass is 441 g/mol. The van der Waals surface area contributed by atoms with Crippen molar-refractivity contribution >= 4 is 28.7 Å². The maximum atomic E-state index is 13.1. The molecule has 3 heterocycles. The van der Waals surface area contributed by atoms with E-state index in [2.05, 4.69) is 9.97 Å². The highest BCUT2D eigenvalue weighted by Crippen LogP contribution is 2.17. The number of aliphatic carboxylic acids is 1. The molecule has 1 atom stereocenters. The van der Waals surface area contributed by atoms with Crippen molar-refractivity contribution in [3.05, 3.63) is 102 Å². The minimum Gasteiger partial charge on any atom is -0.479 e. The molecule has 1 aromatic carbocycles. The zero-order valence-electron chi connectivity index (χ0n) is 18.1. The SMILES string of the molecule is C[C@@H](OCc1cccc(C=CCn2cccc2C(=O)c2cnc3ccccc3c2)n1)C(=O)O. The molecule has 0 aliphatic rings. The average Bonchev–Trinajstić information content (AvgIpc) is 3.30. The number of carboxylic acids is 1. The van der Waals surface area contributed by atoms with Crippen molar-refractivity contribution in [1.82, 2.24) is 14.5 Å². The molecule has 0 aliphatic heterocycles. The number of nitrogens with zero attached hydrogens (tertiary/aromatic N) is 3. The molecule has 7 nitrogen and oxygen atoms in total. The predicted octanol–water partition coefficient (Wildman–Crippen LogP) is 4.37. The molecule has 4 rings (SSSR count). The van der Waals surface area contributed by atoms with Gasteiger partial charge in [0.1, 0.15) is 0 Å². The van der Waals surface area contributed by atoms with Gasteiger partial charge in [-0.05, 0) is 49.4 Å². The van der Waals surface area contributed by atoms with Gasteiger partial charge in [-0.1, -0.05) is 30.3 Å². The number of ether oxygens (including phenoxy) is 1. The minimum absolute atomic E-state index is 0.0866. The van der Waals surface area contributed by atoms with Gasteiger partial charge in [0, 0.05) is 29.9 Å². The second-order valence-corrected chi connectivity index (χ2v) is 7.54. The maximum Gasteiger partial charge on any atom is 0.332 e. The average molecular weight is 441 g/mol. The first kappa shape index (κ1) is 22.1. The van der Waals surface area contributed by atoms with Crippen LogP contribution in [0.15, 0.2) is 79.1 Å². The number of carbonyl (C=O) groups excluding carboxylic acids is 1. The Morgan fingerprint density at radius 1 is 1.12 bits per heavy atom. The Kier molecular flexibility index (Phi) is 6.71. The summed E-state index contributed by atoms with van der Waals surface area (Å²) in [6.45, 7) is 2.09. The van der Waals surface area contributed by atoms with E-state index in [0.29, 0.717) is 23.5 Å². The quantitative estimate of drug-likeness (QED) is 0.388. The number of ketones is 1. The van der Waals surface area contributed by atoms with Crippen LogP contribution in [-0.2, 0) is 22.7 Å². The topological polar surface area (TPSA) is 94.3 Å². The third kappa shape index (κ3) is 5.39. The predicted molar refractivity (Wildman–Crippen MR) is 125 cm³/mol. The number of hydrogen-bond donors (Lipinski definition) is 1. The minimum atomic E-state index is -1.01. The van der Waals surface area contributed by atoms with Gasteiger partial charge in [-0.2, -0.15) is 0 Å². The summed E-state index contributed by atoms with van der Waals surface area (Å²) < 4.78 is 7.16. The Morgan fingerprint density at radius 3 is 2.82 bits per heavy atom. The van der Waals surface area contributed by atoms with Crippen molar-refractivity contribution in [1.29, 1.82) is 0 Å². The molecule has 0 spiro atoms. The van der Waals surface area contributed by atoms with E-state index in [9.17, 15) is 9.59 Å². The fourth-order valence-corrected chi connectivity index (χ4v) is 3.36. The lowest BCUT2D eigenvalue weighted by Crippen LogP contribution is -2.19. The fourth-order valence-electron chi connectivity index (χ4n) is 3.36. The number of pyridine rings is 2. The maximum absolute atomic E-state index is 13.1. The van der Waals surface area contributed by atoms with E-state index < -0.39 is 12.1 Å². The van der Waals surface area contributed by atoms with Crippen LogP contribution in [0.1, 0.15) is 34.4 Å². The second-order valence-electron chi connectivity index (χ2n) is 7.54. The summed E-state index contributed by atoms with van der Waals surface area (Å²) in [6, 6.07) is 18.7. The van der Waals surface area contributed by atoms with Crippen LogP contribution in [0.25, 0.3) is 17.0 Å². The highest BCUT2D eigenvalue weighted by Gasteiger charge is 2.14. The highest BCUT2D eigenvalue weighted by atomic mass is 16.5. The zero-order valence-corrected chi connectivity index (χ0v) is 18.1. The first-order chi connectivity index (χ1) is 16.0. The van der Waals surface area contributed by atoms with Crippen LogP contribution in [-0.4, -0.2) is 37.5 Å². The van der Waals surface area contributed by atoms with Gasteiger partial charge in [0.05, 0.1) is 29.2 Å². The van der Waals surface area contributed by atoms with E-state index in [1.54, 1.807) is 18.3 Å². The number of allylic oxidation sites excluding steroid dienone is 1. The molecule has 4 aromatic rings. The third-order valence-corrected chi connectivity index (χ3v) is 5.16. The van der Waals surface area contributed by atoms with E-state index in [4.69, 9.17) is 9.84 Å². The molecule has 3 aromatic heterocycles. The van der Waals surface area contributed by atoms with Gasteiger partial charge in [0.15, 0.2) is 6.10 Å². The number of carboxylic acid groups (broad SMARTS) is 1. The number of benzene rings is 1. The van der Waals surface area contributed by atoms with Crippen LogP contribution in [0.2, 0.25) is 0 Å². The molecule has 0 unspecified atom stereocenters. The van der Waals surface area contributed by atoms with E-state index in [-0.39, 0.29) is 12.4 Å². The summed E-state index contributed by atoms with van der Waals surface area (Å²) in [5.74, 6) is -1.10. The number of para-hydroxylation sites is 1. The Morgan fingerprint density at radius 2 is 1.97 bits per heavy atom. The lowest BCUT2D eigenvalue weighted by Gasteiger charge is -2.08. The van der Waals surface area contributed by atoms with Crippen molar-refractivity contribution in [3.63, 3.8) is 0 Å². The Bertz CT molecular complexity index is 1330. The van der Waals surface area contributed by atoms with E-state index in [1.165, 1.54) is 6.92 Å². The van der Waals surface area contributed by atoms with Gasteiger partial charge in [-0.15, -0.1) is 0 Å². The van der Waals surface area contributed by atoms with Crippen LogP contribution >= 0.6 is 0 Å². The lowest BCUT2D eigenvalue weighted by atomic mass is 10.1. The van der Waals surface area contributed by atoms with Gasteiger partial charge in [0.25, 0.3) is 0 Å². The molecule has 0 fully saturated rings. The van der Waals surface area contributed by atoms with Gasteiger partial charge in [-0.3, -0.25) is 14.8 Å². The van der Waals surface area contributed by atoms with E-state index in [1.807, 2.05) is 71.4 Å². The van der Waals surface area contributed by atoms with Crippen molar-refractivity contribution in [2.24, 2.45) is 0 Å². The first-order valence-electron chi connectivity index (χ1n) is 10.5. The summed E-state index contributed by atoms with van der Waals surface area (Å²) >= 11 is 0. The van der Waals surface area contributed by atoms with Gasteiger partial charge < -0.3 is 14.4 Å². The zero-order chi connectivity index (χ0) is 23.2. The van der Waals surface area contributed by atoms with Gasteiger partial charge in [0.2, 0.25) is 5.78 Å². The molecule has 166 valence electrons. The second kappa shape index (κ2) is 10.0. The van der Waals surface area contributed by atoms with Gasteiger partial charge in [-0.25, -0.2) is 4.79 Å². The summed E-state index contributed by atoms with van der Waals surface area (Å²) in [5, 5.41) is 9.84. The van der Waals surface area contributed by atoms with Crippen LogP contribution in [0.5, 0.6) is 0 Å². The molecule has 0 bridgehead atoms. The number of fused-ring (bicyclic) bond motifs is 1. The van der Waals surface area contributed by atoms with Crippen molar-refractivity contribution in [2.75, 3.05) is 0 Å². The molecule has 0 saturated heterocycles. The van der Waals surface area contributed by atoms with Crippen LogP contribution in [0, 0.1) is 0 Å². The summed E-state index contributed by atoms with van der Waals surface area (Å²) in [6.07, 6.45) is 6.35. The number of hydrogen-bond acceptors (Lipinski definition) is 5. The molecular formula is C26H23N3O4. The van der Waals surface area contributed by atoms with E-state index in [0.717, 1.165) is 16.6 Å². The normalized spacial score (nSPS) is 12.3. The molecule has 7 heteroatoms. The first-order valence-corrected chi connectivity index (χ1v) is 10.5. The molecule has 0 aliphatic carbocycles.